The van der Waals surface area contributed by atoms with Crippen LogP contribution < -0.4 is 0 Å². The van der Waals surface area contributed by atoms with Gasteiger partial charge in [-0.05, 0) is 24.3 Å². The first-order valence-corrected chi connectivity index (χ1v) is 13.8. The Bertz CT molecular complexity index is 2100. The van der Waals surface area contributed by atoms with Gasteiger partial charge in [0.1, 0.15) is 5.52 Å². The van der Waals surface area contributed by atoms with Gasteiger partial charge in [-0.2, -0.15) is 0 Å². The second kappa shape index (κ2) is 9.22. The van der Waals surface area contributed by atoms with Gasteiger partial charge < -0.3 is 4.42 Å². The molecule has 0 unspecified atom stereocenters. The fourth-order valence-electron chi connectivity index (χ4n) is 5.07. The molecule has 188 valence electrons. The molecule has 0 amide bonds. The summed E-state index contributed by atoms with van der Waals surface area (Å²) in [5.41, 5.74) is 5.42. The Hall–Kier alpha value is -5.20. The molecule has 0 bridgehead atoms. The zero-order chi connectivity index (χ0) is 26.5. The largest absolute Gasteiger partial charge is 0.436 e. The van der Waals surface area contributed by atoms with Crippen molar-refractivity contribution in [2.45, 2.75) is 0 Å². The smallest absolute Gasteiger partial charge is 0.227 e. The van der Waals surface area contributed by atoms with Crippen LogP contribution in [-0.2, 0) is 0 Å². The number of thiophene rings is 1. The molecule has 0 saturated heterocycles. The van der Waals surface area contributed by atoms with Crippen LogP contribution in [0.4, 0.5) is 0 Å². The lowest BCUT2D eigenvalue weighted by atomic mass is 10.0. The predicted molar refractivity (Wildman–Crippen MR) is 162 cm³/mol. The monoisotopic (exact) mass is 532 g/mol. The summed E-state index contributed by atoms with van der Waals surface area (Å²) in [6.07, 6.45) is 0. The van der Waals surface area contributed by atoms with E-state index in [9.17, 15) is 0 Å². The Balaban J connectivity index is 1.36. The molecule has 0 aliphatic rings. The summed E-state index contributed by atoms with van der Waals surface area (Å²) in [6, 6.07) is 40.6. The van der Waals surface area contributed by atoms with Gasteiger partial charge in [-0.1, -0.05) is 91.0 Å². The molecule has 40 heavy (non-hydrogen) atoms. The van der Waals surface area contributed by atoms with Gasteiger partial charge in [0.25, 0.3) is 0 Å². The van der Waals surface area contributed by atoms with Crippen molar-refractivity contribution in [2.24, 2.45) is 0 Å². The van der Waals surface area contributed by atoms with Crippen LogP contribution in [0.1, 0.15) is 0 Å². The standard InChI is InChI=1S/C34H20N4OS/c1-4-11-21(12-5-1)31-36-32(22-13-6-2-7-14-22)38-33(37-31)24-17-10-18-28-30(24)25-19-26-27(20-29(25)40-28)39-34(35-26)23-15-8-3-9-16-23/h1-20H. The van der Waals surface area contributed by atoms with Crippen molar-refractivity contribution in [1.29, 1.82) is 0 Å². The maximum absolute atomic E-state index is 6.17. The second-order valence-corrected chi connectivity index (χ2v) is 10.6. The molecule has 5 nitrogen and oxygen atoms in total. The van der Waals surface area contributed by atoms with E-state index in [4.69, 9.17) is 24.4 Å². The molecular formula is C34H20N4OS. The van der Waals surface area contributed by atoms with Gasteiger partial charge in [0.15, 0.2) is 23.1 Å². The summed E-state index contributed by atoms with van der Waals surface area (Å²) in [7, 11) is 0. The van der Waals surface area contributed by atoms with Gasteiger partial charge >= 0.3 is 0 Å². The third kappa shape index (κ3) is 3.85. The zero-order valence-electron chi connectivity index (χ0n) is 21.2. The Morgan fingerprint density at radius 2 is 1.10 bits per heavy atom. The fourth-order valence-corrected chi connectivity index (χ4v) is 6.21. The van der Waals surface area contributed by atoms with E-state index in [1.807, 2.05) is 91.0 Å². The molecule has 0 aliphatic carbocycles. The lowest BCUT2D eigenvalue weighted by molar-refractivity contribution is 0.620. The van der Waals surface area contributed by atoms with E-state index in [0.29, 0.717) is 23.4 Å². The number of aromatic nitrogens is 4. The van der Waals surface area contributed by atoms with E-state index in [1.54, 1.807) is 11.3 Å². The highest BCUT2D eigenvalue weighted by Gasteiger charge is 2.18. The normalized spacial score (nSPS) is 11.5. The van der Waals surface area contributed by atoms with Crippen LogP contribution in [0.5, 0.6) is 0 Å². The Morgan fingerprint density at radius 3 is 1.75 bits per heavy atom. The molecular weight excluding hydrogens is 512 g/mol. The number of benzene rings is 5. The van der Waals surface area contributed by atoms with Crippen LogP contribution in [0.15, 0.2) is 126 Å². The Labute approximate surface area is 233 Å². The average Bonchev–Trinajstić information content (AvgIpc) is 3.61. The molecule has 6 heteroatoms. The molecule has 8 aromatic rings. The van der Waals surface area contributed by atoms with Crippen molar-refractivity contribution >= 4 is 42.6 Å². The lowest BCUT2D eigenvalue weighted by Gasteiger charge is -2.09. The minimum Gasteiger partial charge on any atom is -0.436 e. The first-order chi connectivity index (χ1) is 19.8. The molecule has 0 radical (unpaired) electrons. The van der Waals surface area contributed by atoms with Crippen LogP contribution >= 0.6 is 11.3 Å². The van der Waals surface area contributed by atoms with Crippen LogP contribution in [-0.4, -0.2) is 19.9 Å². The number of nitrogens with zero attached hydrogens (tertiary/aromatic N) is 4. The highest BCUT2D eigenvalue weighted by molar-refractivity contribution is 7.26. The van der Waals surface area contributed by atoms with E-state index in [-0.39, 0.29) is 0 Å². The summed E-state index contributed by atoms with van der Waals surface area (Å²) in [5.74, 6) is 2.55. The summed E-state index contributed by atoms with van der Waals surface area (Å²) in [4.78, 5) is 19.7. The summed E-state index contributed by atoms with van der Waals surface area (Å²) < 4.78 is 8.45. The third-order valence-electron chi connectivity index (χ3n) is 6.97. The van der Waals surface area contributed by atoms with Crippen LogP contribution in [0, 0.1) is 0 Å². The molecule has 3 heterocycles. The highest BCUT2D eigenvalue weighted by atomic mass is 32.1. The topological polar surface area (TPSA) is 64.7 Å². The van der Waals surface area contributed by atoms with Crippen LogP contribution in [0.25, 0.3) is 76.9 Å². The molecule has 0 N–H and O–H groups in total. The van der Waals surface area contributed by atoms with Crippen molar-refractivity contribution in [3.05, 3.63) is 121 Å². The Morgan fingerprint density at radius 1 is 0.500 bits per heavy atom. The van der Waals surface area contributed by atoms with Crippen molar-refractivity contribution < 1.29 is 4.42 Å². The van der Waals surface area contributed by atoms with E-state index in [2.05, 4.69) is 30.3 Å². The maximum atomic E-state index is 6.17. The van der Waals surface area contributed by atoms with E-state index < -0.39 is 0 Å². The molecule has 3 aromatic heterocycles. The first-order valence-electron chi connectivity index (χ1n) is 13.0. The summed E-state index contributed by atoms with van der Waals surface area (Å²) in [5, 5.41) is 2.22. The molecule has 0 saturated carbocycles. The van der Waals surface area contributed by atoms with Crippen LogP contribution in [0.3, 0.4) is 0 Å². The number of hydrogen-bond acceptors (Lipinski definition) is 6. The van der Waals surface area contributed by atoms with Gasteiger partial charge in [0, 0.05) is 48.5 Å². The molecule has 8 rings (SSSR count). The maximum Gasteiger partial charge on any atom is 0.227 e. The number of fused-ring (bicyclic) bond motifs is 4. The lowest BCUT2D eigenvalue weighted by Crippen LogP contribution is -2.00. The van der Waals surface area contributed by atoms with Crippen LogP contribution in [0.2, 0.25) is 0 Å². The number of hydrogen-bond donors (Lipinski definition) is 0. The van der Waals surface area contributed by atoms with Gasteiger partial charge in [-0.25, -0.2) is 19.9 Å². The number of oxazole rings is 1. The predicted octanol–water partition coefficient (Wildman–Crippen LogP) is 9.05. The SMILES string of the molecule is c1ccc(-c2nc(-c3ccccc3)nc(-c3cccc4sc5cc6oc(-c7ccccc7)nc6cc5c34)n2)cc1. The van der Waals surface area contributed by atoms with Gasteiger partial charge in [-0.15, -0.1) is 11.3 Å². The Kier molecular flexibility index (Phi) is 5.24. The number of rotatable bonds is 4. The summed E-state index contributed by atoms with van der Waals surface area (Å²) >= 11 is 1.73. The minimum atomic E-state index is 0.621. The van der Waals surface area contributed by atoms with Crippen molar-refractivity contribution in [3.63, 3.8) is 0 Å². The second-order valence-electron chi connectivity index (χ2n) is 9.52. The van der Waals surface area contributed by atoms with E-state index in [0.717, 1.165) is 53.5 Å². The van der Waals surface area contributed by atoms with E-state index >= 15 is 0 Å². The van der Waals surface area contributed by atoms with Crippen molar-refractivity contribution in [3.8, 4) is 45.6 Å². The molecule has 0 fully saturated rings. The highest BCUT2D eigenvalue weighted by Crippen LogP contribution is 2.41. The molecule has 5 aromatic carbocycles. The van der Waals surface area contributed by atoms with Crippen molar-refractivity contribution in [2.75, 3.05) is 0 Å². The summed E-state index contributed by atoms with van der Waals surface area (Å²) in [6.45, 7) is 0. The molecule has 0 spiro atoms. The van der Waals surface area contributed by atoms with Crippen molar-refractivity contribution in [1.82, 2.24) is 19.9 Å². The molecule has 0 atom stereocenters. The van der Waals surface area contributed by atoms with Gasteiger partial charge in [-0.3, -0.25) is 0 Å². The third-order valence-corrected chi connectivity index (χ3v) is 8.08. The first kappa shape index (κ1) is 22.8. The average molecular weight is 533 g/mol. The quantitative estimate of drug-likeness (QED) is 0.226. The fraction of sp³-hybridized carbons (Fsp3) is 0. The van der Waals surface area contributed by atoms with Gasteiger partial charge in [0.2, 0.25) is 5.89 Å². The molecule has 0 aliphatic heterocycles. The van der Waals surface area contributed by atoms with Gasteiger partial charge in [0.05, 0.1) is 0 Å². The zero-order valence-corrected chi connectivity index (χ0v) is 22.0. The van der Waals surface area contributed by atoms with E-state index in [1.165, 1.54) is 0 Å². The minimum absolute atomic E-state index is 0.621.